The monoisotopic (exact) mass is 251 g/mol. The number of carbonyl (C=O) groups is 1. The fourth-order valence-electron chi connectivity index (χ4n) is 2.24. The van der Waals surface area contributed by atoms with E-state index >= 15 is 0 Å². The lowest BCUT2D eigenvalue weighted by molar-refractivity contribution is 0.250. The van der Waals surface area contributed by atoms with Gasteiger partial charge in [0.1, 0.15) is 5.82 Å². The average molecular weight is 251 g/mol. The van der Waals surface area contributed by atoms with Crippen molar-refractivity contribution >= 4 is 11.7 Å². The first-order chi connectivity index (χ1) is 8.63. The summed E-state index contributed by atoms with van der Waals surface area (Å²) in [5.74, 6) is 0.153. The van der Waals surface area contributed by atoms with Crippen LogP contribution in [0, 0.1) is 11.7 Å². The van der Waals surface area contributed by atoms with Crippen molar-refractivity contribution in [2.75, 3.05) is 11.9 Å². The van der Waals surface area contributed by atoms with Gasteiger partial charge in [0.2, 0.25) is 0 Å². The van der Waals surface area contributed by atoms with Crippen molar-refractivity contribution < 1.29 is 9.18 Å². The maximum atomic E-state index is 12.7. The highest BCUT2D eigenvalue weighted by atomic mass is 19.1. The van der Waals surface area contributed by atoms with Crippen molar-refractivity contribution in [1.29, 1.82) is 0 Å². The van der Waals surface area contributed by atoms with Crippen molar-refractivity contribution in [2.24, 2.45) is 11.7 Å². The largest absolute Gasteiger partial charge is 0.338 e. The van der Waals surface area contributed by atoms with Crippen LogP contribution in [0.15, 0.2) is 24.3 Å². The second-order valence-electron chi connectivity index (χ2n) is 4.78. The number of rotatable bonds is 3. The Kier molecular flexibility index (Phi) is 4.15. The fraction of sp³-hybridized carbons (Fsp3) is 0.462. The highest BCUT2D eigenvalue weighted by Crippen LogP contribution is 2.23. The highest BCUT2D eigenvalue weighted by Gasteiger charge is 2.21. The van der Waals surface area contributed by atoms with Gasteiger partial charge in [0.25, 0.3) is 0 Å². The molecule has 1 fully saturated rings. The molecule has 1 saturated carbocycles. The summed E-state index contributed by atoms with van der Waals surface area (Å²) < 4.78 is 12.7. The molecule has 0 heterocycles. The van der Waals surface area contributed by atoms with E-state index in [-0.39, 0.29) is 17.9 Å². The number of urea groups is 1. The van der Waals surface area contributed by atoms with E-state index in [1.165, 1.54) is 24.3 Å². The molecule has 0 bridgehead atoms. The highest BCUT2D eigenvalue weighted by molar-refractivity contribution is 5.89. The van der Waals surface area contributed by atoms with Crippen molar-refractivity contribution in [3.05, 3.63) is 30.1 Å². The van der Waals surface area contributed by atoms with E-state index in [2.05, 4.69) is 10.6 Å². The lowest BCUT2D eigenvalue weighted by atomic mass is 10.1. The molecule has 18 heavy (non-hydrogen) atoms. The van der Waals surface area contributed by atoms with Crippen molar-refractivity contribution in [3.8, 4) is 0 Å². The lowest BCUT2D eigenvalue weighted by Crippen LogP contribution is -2.32. The molecule has 4 N–H and O–H groups in total. The number of amides is 2. The predicted molar refractivity (Wildman–Crippen MR) is 68.7 cm³/mol. The summed E-state index contributed by atoms with van der Waals surface area (Å²) in [5, 5.41) is 5.47. The number of nitrogens with two attached hydrogens (primary N) is 1. The Morgan fingerprint density at radius 3 is 2.67 bits per heavy atom. The molecule has 1 aromatic rings. The number of halogens is 1. The summed E-state index contributed by atoms with van der Waals surface area (Å²) in [5.41, 5.74) is 6.39. The molecule has 1 aliphatic carbocycles. The Balaban J connectivity index is 1.73. The summed E-state index contributed by atoms with van der Waals surface area (Å²) in [7, 11) is 0. The topological polar surface area (TPSA) is 67.1 Å². The third kappa shape index (κ3) is 3.70. The molecule has 0 saturated heterocycles. The predicted octanol–water partition coefficient (Wildman–Crippen LogP) is 2.07. The van der Waals surface area contributed by atoms with Crippen LogP contribution in [0.25, 0.3) is 0 Å². The smallest absolute Gasteiger partial charge is 0.319 e. The third-order valence-corrected chi connectivity index (χ3v) is 3.24. The fourth-order valence-corrected chi connectivity index (χ4v) is 2.24. The van der Waals surface area contributed by atoms with Crippen LogP contribution in [-0.4, -0.2) is 18.6 Å². The van der Waals surface area contributed by atoms with Gasteiger partial charge in [-0.15, -0.1) is 0 Å². The van der Waals surface area contributed by atoms with Gasteiger partial charge in [-0.05, 0) is 49.4 Å². The standard InChI is InChI=1S/C13H18FN3O/c14-10-2-5-12(6-3-10)17-13(18)16-8-9-1-4-11(15)7-9/h2-3,5-6,9,11H,1,4,7-8,15H2,(H2,16,17,18). The van der Waals surface area contributed by atoms with Gasteiger partial charge >= 0.3 is 6.03 Å². The normalized spacial score (nSPS) is 22.8. The molecule has 0 radical (unpaired) electrons. The minimum Gasteiger partial charge on any atom is -0.338 e. The molecular weight excluding hydrogens is 233 g/mol. The number of hydrogen-bond donors (Lipinski definition) is 3. The molecule has 0 spiro atoms. The number of anilines is 1. The Morgan fingerprint density at radius 2 is 2.06 bits per heavy atom. The summed E-state index contributed by atoms with van der Waals surface area (Å²) in [6.45, 7) is 0.640. The van der Waals surface area contributed by atoms with Crippen LogP contribution in [0.3, 0.4) is 0 Å². The Labute approximate surface area is 106 Å². The third-order valence-electron chi connectivity index (χ3n) is 3.24. The van der Waals surface area contributed by atoms with Gasteiger partial charge in [-0.2, -0.15) is 0 Å². The Bertz CT molecular complexity index is 407. The summed E-state index contributed by atoms with van der Waals surface area (Å²) in [4.78, 5) is 11.6. The molecule has 2 atom stereocenters. The Morgan fingerprint density at radius 1 is 1.33 bits per heavy atom. The summed E-state index contributed by atoms with van der Waals surface area (Å²) >= 11 is 0. The SMILES string of the molecule is NC1CCC(CNC(=O)Nc2ccc(F)cc2)C1. The number of benzene rings is 1. The number of hydrogen-bond acceptors (Lipinski definition) is 2. The molecule has 2 amide bonds. The second-order valence-corrected chi connectivity index (χ2v) is 4.78. The zero-order valence-electron chi connectivity index (χ0n) is 10.2. The quantitative estimate of drug-likeness (QED) is 0.770. The molecule has 1 aromatic carbocycles. The molecule has 2 unspecified atom stereocenters. The maximum absolute atomic E-state index is 12.7. The van der Waals surface area contributed by atoms with Gasteiger partial charge < -0.3 is 16.4 Å². The summed E-state index contributed by atoms with van der Waals surface area (Å²) in [6, 6.07) is 5.69. The van der Waals surface area contributed by atoms with E-state index in [0.717, 1.165) is 19.3 Å². The first-order valence-electron chi connectivity index (χ1n) is 6.19. The minimum absolute atomic E-state index is 0.262. The first-order valence-corrected chi connectivity index (χ1v) is 6.19. The zero-order valence-corrected chi connectivity index (χ0v) is 10.2. The Hall–Kier alpha value is -1.62. The van der Waals surface area contributed by atoms with Crippen molar-refractivity contribution in [3.63, 3.8) is 0 Å². The lowest BCUT2D eigenvalue weighted by Gasteiger charge is -2.12. The molecular formula is C13H18FN3O. The van der Waals surface area contributed by atoms with Crippen LogP contribution in [0.4, 0.5) is 14.9 Å². The van der Waals surface area contributed by atoms with Gasteiger partial charge in [-0.1, -0.05) is 0 Å². The van der Waals surface area contributed by atoms with Gasteiger partial charge in [0.05, 0.1) is 0 Å². The maximum Gasteiger partial charge on any atom is 0.319 e. The molecule has 5 heteroatoms. The van der Waals surface area contributed by atoms with E-state index in [1.807, 2.05) is 0 Å². The zero-order chi connectivity index (χ0) is 13.0. The van der Waals surface area contributed by atoms with Crippen molar-refractivity contribution in [2.45, 2.75) is 25.3 Å². The number of carbonyl (C=O) groups excluding carboxylic acids is 1. The molecule has 0 aromatic heterocycles. The van der Waals surface area contributed by atoms with Gasteiger partial charge in [-0.3, -0.25) is 0 Å². The minimum atomic E-state index is -0.319. The van der Waals surface area contributed by atoms with Gasteiger partial charge in [-0.25, -0.2) is 9.18 Å². The molecule has 1 aliphatic rings. The van der Waals surface area contributed by atoms with Crippen LogP contribution < -0.4 is 16.4 Å². The molecule has 0 aliphatic heterocycles. The van der Waals surface area contributed by atoms with Crippen molar-refractivity contribution in [1.82, 2.24) is 5.32 Å². The molecule has 2 rings (SSSR count). The van der Waals surface area contributed by atoms with E-state index in [1.54, 1.807) is 0 Å². The summed E-state index contributed by atoms with van der Waals surface area (Å²) in [6.07, 6.45) is 3.07. The molecule has 98 valence electrons. The van der Waals surface area contributed by atoms with E-state index in [0.29, 0.717) is 18.2 Å². The van der Waals surface area contributed by atoms with Crippen LogP contribution >= 0.6 is 0 Å². The molecule has 4 nitrogen and oxygen atoms in total. The van der Waals surface area contributed by atoms with Gasteiger partial charge in [0, 0.05) is 18.3 Å². The van der Waals surface area contributed by atoms with E-state index < -0.39 is 0 Å². The van der Waals surface area contributed by atoms with Crippen LogP contribution in [0.2, 0.25) is 0 Å². The first kappa shape index (κ1) is 12.8. The van der Waals surface area contributed by atoms with Crippen LogP contribution in [-0.2, 0) is 0 Å². The van der Waals surface area contributed by atoms with Crippen LogP contribution in [0.5, 0.6) is 0 Å². The van der Waals surface area contributed by atoms with Crippen LogP contribution in [0.1, 0.15) is 19.3 Å². The van der Waals surface area contributed by atoms with E-state index in [4.69, 9.17) is 5.73 Å². The van der Waals surface area contributed by atoms with E-state index in [9.17, 15) is 9.18 Å². The second kappa shape index (κ2) is 5.82. The van der Waals surface area contributed by atoms with Gasteiger partial charge in [0.15, 0.2) is 0 Å². The number of nitrogens with one attached hydrogen (secondary N) is 2. The average Bonchev–Trinajstić information content (AvgIpc) is 2.76.